The van der Waals surface area contributed by atoms with E-state index in [9.17, 15) is 4.79 Å². The van der Waals surface area contributed by atoms with E-state index in [0.29, 0.717) is 30.2 Å². The SMILES string of the molecule is CN(C)CCNC(=O)c1noc2c1COc1ccccc1-2. The second-order valence-electron chi connectivity index (χ2n) is 5.18. The molecule has 1 aliphatic rings. The maximum atomic E-state index is 12.2. The summed E-state index contributed by atoms with van der Waals surface area (Å²) in [6.45, 7) is 1.63. The molecule has 110 valence electrons. The number of likely N-dealkylation sites (N-methyl/N-ethyl adjacent to an activating group) is 1. The van der Waals surface area contributed by atoms with Crippen molar-refractivity contribution < 1.29 is 14.1 Å². The number of hydrogen-bond acceptors (Lipinski definition) is 5. The Morgan fingerprint density at radius 2 is 2.19 bits per heavy atom. The molecule has 0 unspecified atom stereocenters. The van der Waals surface area contributed by atoms with Crippen LogP contribution < -0.4 is 10.1 Å². The van der Waals surface area contributed by atoms with Crippen LogP contribution in [0.25, 0.3) is 11.3 Å². The fraction of sp³-hybridized carbons (Fsp3) is 0.333. The third kappa shape index (κ3) is 2.62. The number of carbonyl (C=O) groups is 1. The van der Waals surface area contributed by atoms with Crippen LogP contribution in [0.5, 0.6) is 5.75 Å². The minimum Gasteiger partial charge on any atom is -0.488 e. The average molecular weight is 287 g/mol. The molecule has 0 saturated heterocycles. The summed E-state index contributed by atoms with van der Waals surface area (Å²) in [5, 5.41) is 6.75. The van der Waals surface area contributed by atoms with Gasteiger partial charge in [-0.05, 0) is 26.2 Å². The van der Waals surface area contributed by atoms with E-state index in [1.807, 2.05) is 43.3 Å². The summed E-state index contributed by atoms with van der Waals surface area (Å²) in [6, 6.07) is 7.57. The fourth-order valence-electron chi connectivity index (χ4n) is 2.24. The number of nitrogens with one attached hydrogen (secondary N) is 1. The second kappa shape index (κ2) is 5.57. The molecule has 2 heterocycles. The molecule has 1 aromatic heterocycles. The first kappa shape index (κ1) is 13.6. The maximum absolute atomic E-state index is 12.2. The van der Waals surface area contributed by atoms with E-state index in [-0.39, 0.29) is 5.91 Å². The second-order valence-corrected chi connectivity index (χ2v) is 5.18. The summed E-state index contributed by atoms with van der Waals surface area (Å²) in [7, 11) is 3.91. The molecule has 6 nitrogen and oxygen atoms in total. The Labute approximate surface area is 122 Å². The molecule has 0 atom stereocenters. The van der Waals surface area contributed by atoms with Crippen molar-refractivity contribution >= 4 is 5.91 Å². The lowest BCUT2D eigenvalue weighted by atomic mass is 10.0. The predicted molar refractivity (Wildman–Crippen MR) is 77.2 cm³/mol. The van der Waals surface area contributed by atoms with Crippen LogP contribution in [0.4, 0.5) is 0 Å². The van der Waals surface area contributed by atoms with E-state index in [4.69, 9.17) is 9.26 Å². The molecule has 6 heteroatoms. The predicted octanol–water partition coefficient (Wildman–Crippen LogP) is 1.53. The van der Waals surface area contributed by atoms with Gasteiger partial charge in [0.1, 0.15) is 12.4 Å². The van der Waals surface area contributed by atoms with Crippen molar-refractivity contribution in [1.29, 1.82) is 0 Å². The largest absolute Gasteiger partial charge is 0.488 e. The van der Waals surface area contributed by atoms with Crippen molar-refractivity contribution in [2.24, 2.45) is 0 Å². The zero-order valence-electron chi connectivity index (χ0n) is 12.0. The van der Waals surface area contributed by atoms with Crippen LogP contribution in [0.1, 0.15) is 16.1 Å². The number of amides is 1. The highest BCUT2D eigenvalue weighted by Crippen LogP contribution is 2.38. The average Bonchev–Trinajstić information content (AvgIpc) is 2.91. The van der Waals surface area contributed by atoms with Crippen LogP contribution in [0.15, 0.2) is 28.8 Å². The summed E-state index contributed by atoms with van der Waals surface area (Å²) in [4.78, 5) is 14.2. The van der Waals surface area contributed by atoms with E-state index in [1.165, 1.54) is 0 Å². The lowest BCUT2D eigenvalue weighted by Crippen LogP contribution is -2.32. The molecule has 0 fully saturated rings. The molecule has 0 aliphatic carbocycles. The zero-order valence-corrected chi connectivity index (χ0v) is 12.0. The van der Waals surface area contributed by atoms with Crippen LogP contribution in [0, 0.1) is 0 Å². The van der Waals surface area contributed by atoms with E-state index in [0.717, 1.165) is 17.9 Å². The molecule has 3 rings (SSSR count). The Balaban J connectivity index is 1.81. The Morgan fingerprint density at radius 1 is 1.38 bits per heavy atom. The summed E-state index contributed by atoms with van der Waals surface area (Å²) < 4.78 is 11.0. The number of para-hydroxylation sites is 1. The third-order valence-corrected chi connectivity index (χ3v) is 3.35. The van der Waals surface area contributed by atoms with Gasteiger partial charge in [0.2, 0.25) is 0 Å². The number of hydrogen-bond donors (Lipinski definition) is 1. The van der Waals surface area contributed by atoms with Crippen LogP contribution in [0.2, 0.25) is 0 Å². The van der Waals surface area contributed by atoms with Crippen molar-refractivity contribution in [1.82, 2.24) is 15.4 Å². The standard InChI is InChI=1S/C15H17N3O3/c1-18(2)8-7-16-15(19)13-11-9-20-12-6-4-3-5-10(12)14(11)21-17-13/h3-6H,7-9H2,1-2H3,(H,16,19). The molecular weight excluding hydrogens is 270 g/mol. The number of aromatic nitrogens is 1. The minimum atomic E-state index is -0.232. The Hall–Kier alpha value is -2.34. The van der Waals surface area contributed by atoms with E-state index in [2.05, 4.69) is 10.5 Å². The number of nitrogens with zero attached hydrogens (tertiary/aromatic N) is 2. The van der Waals surface area contributed by atoms with Crippen LogP contribution in [-0.4, -0.2) is 43.1 Å². The van der Waals surface area contributed by atoms with E-state index < -0.39 is 0 Å². The van der Waals surface area contributed by atoms with Gasteiger partial charge in [-0.2, -0.15) is 0 Å². The zero-order chi connectivity index (χ0) is 14.8. The van der Waals surface area contributed by atoms with Gasteiger partial charge in [-0.3, -0.25) is 4.79 Å². The summed E-state index contributed by atoms with van der Waals surface area (Å²) >= 11 is 0. The van der Waals surface area contributed by atoms with Crippen LogP contribution >= 0.6 is 0 Å². The molecule has 2 aromatic rings. The highest BCUT2D eigenvalue weighted by Gasteiger charge is 2.28. The van der Waals surface area contributed by atoms with E-state index in [1.54, 1.807) is 0 Å². The van der Waals surface area contributed by atoms with Gasteiger partial charge in [0.25, 0.3) is 5.91 Å². The summed E-state index contributed by atoms with van der Waals surface area (Å²) in [5.74, 6) is 1.14. The Kier molecular flexibility index (Phi) is 3.62. The molecular formula is C15H17N3O3. The van der Waals surface area contributed by atoms with Crippen molar-refractivity contribution in [3.63, 3.8) is 0 Å². The fourth-order valence-corrected chi connectivity index (χ4v) is 2.24. The van der Waals surface area contributed by atoms with Gasteiger partial charge in [0.15, 0.2) is 11.5 Å². The van der Waals surface area contributed by atoms with Gasteiger partial charge in [-0.15, -0.1) is 0 Å². The first-order chi connectivity index (χ1) is 10.2. The molecule has 0 spiro atoms. The van der Waals surface area contributed by atoms with Gasteiger partial charge < -0.3 is 19.5 Å². The molecule has 0 bridgehead atoms. The lowest BCUT2D eigenvalue weighted by molar-refractivity contribution is 0.0940. The van der Waals surface area contributed by atoms with Crippen LogP contribution in [0.3, 0.4) is 0 Å². The number of rotatable bonds is 4. The highest BCUT2D eigenvalue weighted by atomic mass is 16.5. The summed E-state index contributed by atoms with van der Waals surface area (Å²) in [5.41, 5.74) is 1.84. The van der Waals surface area contributed by atoms with Crippen LogP contribution in [-0.2, 0) is 6.61 Å². The van der Waals surface area contributed by atoms with Gasteiger partial charge in [0, 0.05) is 13.1 Å². The monoisotopic (exact) mass is 287 g/mol. The van der Waals surface area contributed by atoms with Gasteiger partial charge in [0.05, 0.1) is 11.1 Å². The normalized spacial score (nSPS) is 12.5. The lowest BCUT2D eigenvalue weighted by Gasteiger charge is -2.16. The number of ether oxygens (including phenoxy) is 1. The smallest absolute Gasteiger partial charge is 0.273 e. The third-order valence-electron chi connectivity index (χ3n) is 3.35. The van der Waals surface area contributed by atoms with Gasteiger partial charge >= 0.3 is 0 Å². The molecule has 1 amide bonds. The molecule has 0 radical (unpaired) electrons. The molecule has 0 saturated carbocycles. The van der Waals surface area contributed by atoms with Crippen molar-refractivity contribution in [2.75, 3.05) is 27.2 Å². The first-order valence-electron chi connectivity index (χ1n) is 6.80. The number of benzene rings is 1. The number of fused-ring (bicyclic) bond motifs is 3. The maximum Gasteiger partial charge on any atom is 0.273 e. The Bertz CT molecular complexity index is 664. The Morgan fingerprint density at radius 3 is 3.00 bits per heavy atom. The molecule has 1 aromatic carbocycles. The molecule has 1 N–H and O–H groups in total. The highest BCUT2D eigenvalue weighted by molar-refractivity contribution is 5.95. The first-order valence-corrected chi connectivity index (χ1v) is 6.80. The van der Waals surface area contributed by atoms with Gasteiger partial charge in [-0.25, -0.2) is 0 Å². The summed E-state index contributed by atoms with van der Waals surface area (Å²) in [6.07, 6.45) is 0. The molecule has 1 aliphatic heterocycles. The number of carbonyl (C=O) groups excluding carboxylic acids is 1. The van der Waals surface area contributed by atoms with Crippen molar-refractivity contribution in [3.05, 3.63) is 35.5 Å². The van der Waals surface area contributed by atoms with Crippen molar-refractivity contribution in [3.8, 4) is 17.1 Å². The molecule has 21 heavy (non-hydrogen) atoms. The van der Waals surface area contributed by atoms with Gasteiger partial charge in [-0.1, -0.05) is 17.3 Å². The quantitative estimate of drug-likeness (QED) is 0.923. The van der Waals surface area contributed by atoms with E-state index >= 15 is 0 Å². The van der Waals surface area contributed by atoms with Crippen molar-refractivity contribution in [2.45, 2.75) is 6.61 Å². The topological polar surface area (TPSA) is 67.6 Å². The minimum absolute atomic E-state index is 0.232.